The Hall–Kier alpha value is -5.46. The van der Waals surface area contributed by atoms with Gasteiger partial charge in [0.2, 0.25) is 0 Å². The normalized spacial score (nSPS) is 23.2. The molecule has 0 radical (unpaired) electrons. The molecule has 15 aliphatic rings. The van der Waals surface area contributed by atoms with Crippen LogP contribution in [0.2, 0.25) is 0 Å². The van der Waals surface area contributed by atoms with Crippen LogP contribution in [0.1, 0.15) is 160 Å². The zero-order valence-electron chi connectivity index (χ0n) is 39.0. The minimum atomic E-state index is 0. The van der Waals surface area contributed by atoms with Crippen molar-refractivity contribution in [1.29, 1.82) is 0 Å². The van der Waals surface area contributed by atoms with Crippen molar-refractivity contribution >= 4 is 0 Å². The van der Waals surface area contributed by atoms with Crippen LogP contribution in [0, 0.1) is 0 Å². The third-order valence-electron chi connectivity index (χ3n) is 15.0. The van der Waals surface area contributed by atoms with Crippen LogP contribution in [0.5, 0.6) is 0 Å². The fraction of sp³-hybridized carbons (Fsp3) is 0.364. The summed E-state index contributed by atoms with van der Waals surface area (Å²) in [6.45, 7) is 13.3. The van der Waals surface area contributed by atoms with Gasteiger partial charge in [-0.3, -0.25) is 0 Å². The fourth-order valence-corrected chi connectivity index (χ4v) is 12.2. The first-order chi connectivity index (χ1) is 30.6. The number of fused-ring (bicyclic) bond motifs is 3. The minimum Gasteiger partial charge on any atom is -0.0798 e. The van der Waals surface area contributed by atoms with Gasteiger partial charge < -0.3 is 0 Å². The molecule has 0 heteroatoms. The molecule has 0 aromatic rings. The molecule has 0 aliphatic heterocycles. The number of hydrogen-bond donors (Lipinski definition) is 0. The molecule has 0 heterocycles. The molecule has 15 aliphatic carbocycles. The quantitative estimate of drug-likeness (QED) is 0.228. The highest BCUT2D eigenvalue weighted by Crippen LogP contribution is 2.48. The molecule has 0 saturated carbocycles. The molecule has 0 fully saturated rings. The van der Waals surface area contributed by atoms with E-state index in [9.17, 15) is 0 Å². The Morgan fingerprint density at radius 1 is 0.212 bits per heavy atom. The first kappa shape index (κ1) is 48.5. The second-order valence-electron chi connectivity index (χ2n) is 20.3. The number of allylic oxidation sites excluding steroid dienone is 42. The van der Waals surface area contributed by atoms with Gasteiger partial charge in [-0.2, -0.15) is 0 Å². The topological polar surface area (TPSA) is 0 Å². The summed E-state index contributed by atoms with van der Waals surface area (Å²) in [5.41, 5.74) is 37.9. The Morgan fingerprint density at radius 3 is 0.712 bits per heavy atom. The van der Waals surface area contributed by atoms with E-state index < -0.39 is 0 Å². The molecule has 0 aromatic carbocycles. The van der Waals surface area contributed by atoms with Crippen molar-refractivity contribution < 1.29 is 0 Å². The van der Waals surface area contributed by atoms with E-state index in [2.05, 4.69) is 151 Å². The second-order valence-corrected chi connectivity index (χ2v) is 20.3. The summed E-state index contributed by atoms with van der Waals surface area (Å²) in [5.74, 6) is 0. The van der Waals surface area contributed by atoms with Crippen molar-refractivity contribution in [2.24, 2.45) is 0 Å². The maximum atomic E-state index is 2.38. The molecular formula is C66H78. The van der Waals surface area contributed by atoms with E-state index in [0.717, 1.165) is 0 Å². The lowest BCUT2D eigenvalue weighted by Gasteiger charge is -2.01. The third kappa shape index (κ3) is 10.1. The van der Waals surface area contributed by atoms with Crippen molar-refractivity contribution in [3.05, 3.63) is 243 Å². The lowest BCUT2D eigenvalue weighted by Crippen LogP contribution is -1.83. The van der Waals surface area contributed by atoms with Crippen LogP contribution in [-0.2, 0) is 0 Å². The summed E-state index contributed by atoms with van der Waals surface area (Å²) >= 11 is 0. The van der Waals surface area contributed by atoms with Crippen molar-refractivity contribution in [2.75, 3.05) is 0 Å². The van der Waals surface area contributed by atoms with Crippen LogP contribution in [0.4, 0.5) is 0 Å². The van der Waals surface area contributed by atoms with E-state index in [0.29, 0.717) is 0 Å². The maximum Gasteiger partial charge on any atom is -0.00200 e. The lowest BCUT2D eigenvalue weighted by molar-refractivity contribution is 1.12. The zero-order valence-corrected chi connectivity index (χ0v) is 39.0. The molecule has 0 unspecified atom stereocenters. The van der Waals surface area contributed by atoms with Gasteiger partial charge in [-0.1, -0.05) is 165 Å². The Kier molecular flexibility index (Phi) is 15.1. The monoisotopic (exact) mass is 871 g/mol. The van der Waals surface area contributed by atoms with Crippen LogP contribution in [0.3, 0.4) is 0 Å². The van der Waals surface area contributed by atoms with Gasteiger partial charge in [0.05, 0.1) is 0 Å². The summed E-state index contributed by atoms with van der Waals surface area (Å²) in [6, 6.07) is 0. The van der Waals surface area contributed by atoms with E-state index in [1.807, 2.05) is 0 Å². The molecular weight excluding hydrogens is 793 g/mol. The predicted molar refractivity (Wildman–Crippen MR) is 290 cm³/mol. The highest BCUT2D eigenvalue weighted by Gasteiger charge is 2.29. The van der Waals surface area contributed by atoms with Gasteiger partial charge in [0, 0.05) is 0 Å². The molecule has 0 nitrogen and oxygen atoms in total. The number of rotatable bonds is 0. The van der Waals surface area contributed by atoms with Crippen LogP contribution in [0.15, 0.2) is 243 Å². The average Bonchev–Trinajstić information content (AvgIpc) is 4.03. The van der Waals surface area contributed by atoms with E-state index in [1.165, 1.54) is 113 Å². The van der Waals surface area contributed by atoms with Gasteiger partial charge in [0.15, 0.2) is 0 Å². The minimum absolute atomic E-state index is 0. The number of hydrogen-bond acceptors (Lipinski definition) is 0. The highest BCUT2D eigenvalue weighted by atomic mass is 14.3. The molecule has 342 valence electrons. The summed E-state index contributed by atoms with van der Waals surface area (Å²) in [4.78, 5) is 0. The first-order valence-corrected chi connectivity index (χ1v) is 24.1. The summed E-state index contributed by atoms with van der Waals surface area (Å²) in [7, 11) is 0. The molecule has 0 aromatic heterocycles. The van der Waals surface area contributed by atoms with Gasteiger partial charge in [-0.05, 0) is 238 Å². The summed E-state index contributed by atoms with van der Waals surface area (Å²) in [6.07, 6.45) is 59.3. The van der Waals surface area contributed by atoms with E-state index in [1.54, 1.807) is 117 Å². The van der Waals surface area contributed by atoms with Gasteiger partial charge in [-0.15, -0.1) is 0 Å². The Bertz CT molecular complexity index is 2480. The third-order valence-corrected chi connectivity index (χ3v) is 15.0. The van der Waals surface area contributed by atoms with Crippen molar-refractivity contribution in [3.8, 4) is 0 Å². The smallest absolute Gasteiger partial charge is 0.00200 e. The van der Waals surface area contributed by atoms with Crippen molar-refractivity contribution in [3.63, 3.8) is 0 Å². The van der Waals surface area contributed by atoms with Gasteiger partial charge in [0.25, 0.3) is 0 Å². The largest absolute Gasteiger partial charge is 0.0798 e. The Labute approximate surface area is 401 Å². The Morgan fingerprint density at radius 2 is 0.439 bits per heavy atom. The van der Waals surface area contributed by atoms with Crippen molar-refractivity contribution in [2.45, 2.75) is 160 Å². The molecule has 0 spiro atoms. The molecule has 66 heavy (non-hydrogen) atoms. The highest BCUT2D eigenvalue weighted by molar-refractivity contribution is 5.64. The molecule has 0 N–H and O–H groups in total. The van der Waals surface area contributed by atoms with Gasteiger partial charge >= 0.3 is 0 Å². The Balaban J connectivity index is 0.000000117. The summed E-state index contributed by atoms with van der Waals surface area (Å²) < 4.78 is 0. The molecule has 0 saturated heterocycles. The van der Waals surface area contributed by atoms with E-state index >= 15 is 0 Å². The molecule has 0 bridgehead atoms. The van der Waals surface area contributed by atoms with Gasteiger partial charge in [0.1, 0.15) is 0 Å². The predicted octanol–water partition coefficient (Wildman–Crippen LogP) is 19.6. The lowest BCUT2D eigenvalue weighted by atomic mass is 10.0. The van der Waals surface area contributed by atoms with E-state index in [-0.39, 0.29) is 22.3 Å². The van der Waals surface area contributed by atoms with Crippen molar-refractivity contribution in [1.82, 2.24) is 0 Å². The fourth-order valence-electron chi connectivity index (χ4n) is 12.2. The van der Waals surface area contributed by atoms with Crippen LogP contribution >= 0.6 is 0 Å². The second kappa shape index (κ2) is 20.6. The SMILES string of the molecule is C.C.C.CC1=CC2=C(C1)C1=C(C=CC1)C2.CC1=CC2=C(C1)C1=C(C=CC1)C2.CC1=CC2=C(C1)C1=C(C=CC1)C2.CC1=CC2=C(C=CC2)C1.CC1=CC2=C(C=CC2)C1.CC1=CC2=C(C=CC2)C1. The average molecular weight is 871 g/mol. The van der Waals surface area contributed by atoms with Crippen LogP contribution in [0.25, 0.3) is 0 Å². The van der Waals surface area contributed by atoms with E-state index in [4.69, 9.17) is 0 Å². The van der Waals surface area contributed by atoms with Gasteiger partial charge in [-0.25, -0.2) is 0 Å². The standard InChI is InChI=1S/3C12H12.3C9H10.3CH4/c3*1-8-5-10-7-9-3-2-4-11(9)12(10)6-8;3*1-7-5-8-3-2-4-9(8)6-7;;;/h3*2-3,5H,4,6-7H2,1H3;3*2-3,6H,4-5H2,1H3;3*1H4. The van der Waals surface area contributed by atoms with Crippen LogP contribution < -0.4 is 0 Å². The summed E-state index contributed by atoms with van der Waals surface area (Å²) in [5, 5.41) is 0. The molecule has 0 atom stereocenters. The molecule has 0 amide bonds. The van der Waals surface area contributed by atoms with Crippen LogP contribution in [-0.4, -0.2) is 0 Å². The molecule has 15 rings (SSSR count). The maximum absolute atomic E-state index is 2.38. The zero-order chi connectivity index (χ0) is 43.2. The first-order valence-electron chi connectivity index (χ1n) is 24.1.